The Balaban J connectivity index is 1.74. The van der Waals surface area contributed by atoms with Crippen molar-refractivity contribution < 1.29 is 9.53 Å². The quantitative estimate of drug-likeness (QED) is 0.943. The van der Waals surface area contributed by atoms with E-state index in [1.54, 1.807) is 7.11 Å². The van der Waals surface area contributed by atoms with Crippen LogP contribution in [0.15, 0.2) is 24.4 Å². The van der Waals surface area contributed by atoms with Crippen LogP contribution in [-0.2, 0) is 11.2 Å². The van der Waals surface area contributed by atoms with Gasteiger partial charge in [0, 0.05) is 36.3 Å². The predicted molar refractivity (Wildman–Crippen MR) is 83.5 cm³/mol. The highest BCUT2D eigenvalue weighted by atomic mass is 16.5. The molecule has 3 rings (SSSR count). The van der Waals surface area contributed by atoms with E-state index in [0.29, 0.717) is 6.42 Å². The minimum atomic E-state index is 0.235. The molecule has 21 heavy (non-hydrogen) atoms. The number of methoxy groups -OCH3 is 1. The van der Waals surface area contributed by atoms with Gasteiger partial charge in [0.1, 0.15) is 5.75 Å². The molecule has 0 saturated carbocycles. The van der Waals surface area contributed by atoms with Gasteiger partial charge >= 0.3 is 0 Å². The average molecular weight is 286 g/mol. The third kappa shape index (κ3) is 2.89. The van der Waals surface area contributed by atoms with E-state index in [-0.39, 0.29) is 5.91 Å². The number of piperidine rings is 1. The van der Waals surface area contributed by atoms with E-state index >= 15 is 0 Å². The number of H-pyrrole nitrogens is 1. The zero-order valence-electron chi connectivity index (χ0n) is 12.7. The molecule has 1 fully saturated rings. The lowest BCUT2D eigenvalue weighted by Gasteiger charge is -2.30. The van der Waals surface area contributed by atoms with Gasteiger partial charge in [-0.15, -0.1) is 0 Å². The van der Waals surface area contributed by atoms with Gasteiger partial charge in [-0.2, -0.15) is 0 Å². The van der Waals surface area contributed by atoms with E-state index in [9.17, 15) is 4.79 Å². The van der Waals surface area contributed by atoms with Gasteiger partial charge in [0.25, 0.3) is 0 Å². The second-order valence-corrected chi connectivity index (χ2v) is 5.97. The van der Waals surface area contributed by atoms with Gasteiger partial charge in [-0.3, -0.25) is 4.79 Å². The predicted octanol–water partition coefficient (Wildman–Crippen LogP) is 2.98. The van der Waals surface area contributed by atoms with Crippen LogP contribution in [0.5, 0.6) is 5.75 Å². The van der Waals surface area contributed by atoms with Crippen molar-refractivity contribution in [2.45, 2.75) is 26.2 Å². The van der Waals surface area contributed by atoms with E-state index in [4.69, 9.17) is 4.74 Å². The van der Waals surface area contributed by atoms with Crippen LogP contribution in [0.2, 0.25) is 0 Å². The molecule has 1 N–H and O–H groups in total. The number of amides is 1. The summed E-state index contributed by atoms with van der Waals surface area (Å²) < 4.78 is 5.22. The summed E-state index contributed by atoms with van der Waals surface area (Å²) in [4.78, 5) is 17.7. The smallest absolute Gasteiger partial charge is 0.227 e. The Morgan fingerprint density at radius 1 is 1.38 bits per heavy atom. The minimum Gasteiger partial charge on any atom is -0.497 e. The fourth-order valence-electron chi connectivity index (χ4n) is 2.97. The normalized spacial score (nSPS) is 16.4. The fraction of sp³-hybridized carbons (Fsp3) is 0.471. The second-order valence-electron chi connectivity index (χ2n) is 5.97. The van der Waals surface area contributed by atoms with Crippen LogP contribution >= 0.6 is 0 Å². The zero-order valence-corrected chi connectivity index (χ0v) is 12.7. The summed E-state index contributed by atoms with van der Waals surface area (Å²) in [6, 6.07) is 5.92. The monoisotopic (exact) mass is 286 g/mol. The summed E-state index contributed by atoms with van der Waals surface area (Å²) in [7, 11) is 1.66. The number of nitrogens with one attached hydrogen (secondary N) is 1. The number of benzene rings is 1. The summed E-state index contributed by atoms with van der Waals surface area (Å²) in [5, 5.41) is 1.11. The molecular weight excluding hydrogens is 264 g/mol. The summed E-state index contributed by atoms with van der Waals surface area (Å²) in [6.07, 6.45) is 4.66. The first-order valence-electron chi connectivity index (χ1n) is 7.59. The lowest BCUT2D eigenvalue weighted by atomic mass is 9.98. The Morgan fingerprint density at radius 2 is 2.14 bits per heavy atom. The van der Waals surface area contributed by atoms with Crippen molar-refractivity contribution in [3.05, 3.63) is 30.0 Å². The van der Waals surface area contributed by atoms with Crippen molar-refractivity contribution in [2.75, 3.05) is 20.2 Å². The SMILES string of the molecule is COc1ccc2c(CC(=O)N3CCC(C)CC3)c[nH]c2c1. The number of hydrogen-bond acceptors (Lipinski definition) is 2. The van der Waals surface area contributed by atoms with Crippen molar-refractivity contribution in [1.82, 2.24) is 9.88 Å². The number of hydrogen-bond donors (Lipinski definition) is 1. The number of aromatic nitrogens is 1. The highest BCUT2D eigenvalue weighted by molar-refractivity contribution is 5.89. The van der Waals surface area contributed by atoms with Crippen LogP contribution in [0.25, 0.3) is 10.9 Å². The van der Waals surface area contributed by atoms with Gasteiger partial charge in [-0.25, -0.2) is 0 Å². The Bertz CT molecular complexity index is 639. The molecule has 0 radical (unpaired) electrons. The summed E-state index contributed by atoms with van der Waals surface area (Å²) in [6.45, 7) is 4.06. The largest absolute Gasteiger partial charge is 0.497 e. The summed E-state index contributed by atoms with van der Waals surface area (Å²) in [5.41, 5.74) is 2.08. The number of nitrogens with zero attached hydrogens (tertiary/aromatic N) is 1. The summed E-state index contributed by atoms with van der Waals surface area (Å²) in [5.74, 6) is 1.81. The number of carbonyl (C=O) groups excluding carboxylic acids is 1. The van der Waals surface area contributed by atoms with E-state index in [1.807, 2.05) is 29.3 Å². The number of rotatable bonds is 3. The fourth-order valence-corrected chi connectivity index (χ4v) is 2.97. The molecule has 1 amide bonds. The molecule has 112 valence electrons. The molecule has 0 atom stereocenters. The molecule has 2 aromatic rings. The highest BCUT2D eigenvalue weighted by Crippen LogP contribution is 2.24. The maximum absolute atomic E-state index is 12.4. The zero-order chi connectivity index (χ0) is 14.8. The lowest BCUT2D eigenvalue weighted by Crippen LogP contribution is -2.38. The van der Waals surface area contributed by atoms with E-state index < -0.39 is 0 Å². The van der Waals surface area contributed by atoms with E-state index in [1.165, 1.54) is 0 Å². The summed E-state index contributed by atoms with van der Waals surface area (Å²) >= 11 is 0. The Kier molecular flexibility index (Phi) is 3.86. The molecule has 1 aliphatic rings. The van der Waals surface area contributed by atoms with Crippen molar-refractivity contribution in [2.24, 2.45) is 5.92 Å². The van der Waals surface area contributed by atoms with Crippen LogP contribution in [0.3, 0.4) is 0 Å². The number of aromatic amines is 1. The molecule has 1 aromatic heterocycles. The Labute approximate surface area is 125 Å². The molecule has 0 spiro atoms. The molecule has 1 saturated heterocycles. The van der Waals surface area contributed by atoms with Gasteiger partial charge < -0.3 is 14.6 Å². The van der Waals surface area contributed by atoms with Gasteiger partial charge in [0.05, 0.1) is 13.5 Å². The second kappa shape index (κ2) is 5.80. The van der Waals surface area contributed by atoms with Crippen molar-refractivity contribution in [3.63, 3.8) is 0 Å². The average Bonchev–Trinajstić information content (AvgIpc) is 2.90. The van der Waals surface area contributed by atoms with E-state index in [2.05, 4.69) is 11.9 Å². The first kappa shape index (κ1) is 14.0. The first-order valence-corrected chi connectivity index (χ1v) is 7.59. The third-order valence-corrected chi connectivity index (χ3v) is 4.45. The highest BCUT2D eigenvalue weighted by Gasteiger charge is 2.21. The van der Waals surface area contributed by atoms with Crippen LogP contribution in [0.4, 0.5) is 0 Å². The maximum atomic E-state index is 12.4. The van der Waals surface area contributed by atoms with Gasteiger partial charge in [-0.1, -0.05) is 6.92 Å². The molecular formula is C17H22N2O2. The van der Waals surface area contributed by atoms with Crippen molar-refractivity contribution >= 4 is 16.8 Å². The lowest BCUT2D eigenvalue weighted by molar-refractivity contribution is -0.131. The Morgan fingerprint density at radius 3 is 2.86 bits per heavy atom. The number of fused-ring (bicyclic) bond motifs is 1. The molecule has 1 aliphatic heterocycles. The van der Waals surface area contributed by atoms with Gasteiger partial charge in [0.15, 0.2) is 0 Å². The molecule has 4 heteroatoms. The van der Waals surface area contributed by atoms with Crippen molar-refractivity contribution in [1.29, 1.82) is 0 Å². The number of likely N-dealkylation sites (tertiary alicyclic amines) is 1. The van der Waals surface area contributed by atoms with Crippen LogP contribution in [-0.4, -0.2) is 36.0 Å². The minimum absolute atomic E-state index is 0.235. The first-order chi connectivity index (χ1) is 10.2. The molecule has 0 bridgehead atoms. The van der Waals surface area contributed by atoms with Gasteiger partial charge in [-0.05, 0) is 36.5 Å². The maximum Gasteiger partial charge on any atom is 0.227 e. The molecule has 1 aromatic carbocycles. The number of carbonyl (C=O) groups is 1. The molecule has 4 nitrogen and oxygen atoms in total. The van der Waals surface area contributed by atoms with Crippen LogP contribution in [0, 0.1) is 5.92 Å². The molecule has 2 heterocycles. The third-order valence-electron chi connectivity index (χ3n) is 4.45. The molecule has 0 aliphatic carbocycles. The van der Waals surface area contributed by atoms with Gasteiger partial charge in [0.2, 0.25) is 5.91 Å². The van der Waals surface area contributed by atoms with Crippen LogP contribution in [0.1, 0.15) is 25.3 Å². The topological polar surface area (TPSA) is 45.3 Å². The standard InChI is InChI=1S/C17H22N2O2/c1-12-5-7-19(8-6-12)17(20)9-13-11-18-16-10-14(21-2)3-4-15(13)16/h3-4,10-12,18H,5-9H2,1-2H3. The molecule has 0 unspecified atom stereocenters. The van der Waals surface area contributed by atoms with Crippen molar-refractivity contribution in [3.8, 4) is 5.75 Å². The number of ether oxygens (including phenoxy) is 1. The Hall–Kier alpha value is -1.97. The van der Waals surface area contributed by atoms with Crippen LogP contribution < -0.4 is 4.74 Å². The van der Waals surface area contributed by atoms with E-state index in [0.717, 1.165) is 54.1 Å².